The number of nitrogens with zero attached hydrogens (tertiary/aromatic N) is 1. The zero-order valence-electron chi connectivity index (χ0n) is 7.23. The molecule has 1 aliphatic rings. The number of rotatable bonds is 0. The van der Waals surface area contributed by atoms with E-state index in [1.165, 1.54) is 5.56 Å². The summed E-state index contributed by atoms with van der Waals surface area (Å²) in [7, 11) is 0. The third-order valence-corrected chi connectivity index (χ3v) is 2.19. The number of hydrogen-bond acceptors (Lipinski definition) is 3. The molecular weight excluding hydrogens is 166 g/mol. The Hall–Kier alpha value is -1.51. The molecule has 0 unspecified atom stereocenters. The lowest BCUT2D eigenvalue weighted by atomic mass is 10.1. The van der Waals surface area contributed by atoms with Crippen LogP contribution in [0.2, 0.25) is 0 Å². The van der Waals surface area contributed by atoms with Crippen molar-refractivity contribution >= 4 is 5.71 Å². The van der Waals surface area contributed by atoms with Gasteiger partial charge >= 0.3 is 0 Å². The predicted molar refractivity (Wildman–Crippen MR) is 49.5 cm³/mol. The maximum Gasteiger partial charge on any atom is 0.130 e. The van der Waals surface area contributed by atoms with Crippen molar-refractivity contribution in [1.29, 1.82) is 0 Å². The predicted octanol–water partition coefficient (Wildman–Crippen LogP) is 1.84. The van der Waals surface area contributed by atoms with Crippen LogP contribution in [0, 0.1) is 0 Å². The molecule has 0 amide bonds. The maximum absolute atomic E-state index is 8.60. The van der Waals surface area contributed by atoms with Gasteiger partial charge in [0.05, 0.1) is 5.71 Å². The summed E-state index contributed by atoms with van der Waals surface area (Å²) in [5.41, 5.74) is 1.89. The second kappa shape index (κ2) is 3.47. The highest BCUT2D eigenvalue weighted by Crippen LogP contribution is 2.22. The molecule has 0 radical (unpaired) electrons. The van der Waals surface area contributed by atoms with Gasteiger partial charge in [-0.25, -0.2) is 0 Å². The van der Waals surface area contributed by atoms with Crippen molar-refractivity contribution in [3.05, 3.63) is 29.8 Å². The number of hydrogen-bond donors (Lipinski definition) is 1. The highest BCUT2D eigenvalue weighted by atomic mass is 16.5. The van der Waals surface area contributed by atoms with E-state index >= 15 is 0 Å². The lowest BCUT2D eigenvalue weighted by Crippen LogP contribution is -2.08. The van der Waals surface area contributed by atoms with Crippen molar-refractivity contribution in [3.8, 4) is 5.75 Å². The van der Waals surface area contributed by atoms with Gasteiger partial charge in [-0.2, -0.15) is 0 Å². The van der Waals surface area contributed by atoms with Gasteiger partial charge in [0.15, 0.2) is 0 Å². The fourth-order valence-electron chi connectivity index (χ4n) is 1.44. The van der Waals surface area contributed by atoms with Gasteiger partial charge in [0.2, 0.25) is 0 Å². The number of para-hydroxylation sites is 1. The van der Waals surface area contributed by atoms with Crippen LogP contribution in [0.5, 0.6) is 5.75 Å². The Morgan fingerprint density at radius 1 is 1.23 bits per heavy atom. The number of oxime groups is 1. The monoisotopic (exact) mass is 177 g/mol. The molecule has 1 aromatic rings. The molecule has 0 fully saturated rings. The summed E-state index contributed by atoms with van der Waals surface area (Å²) in [6, 6.07) is 7.91. The molecule has 1 N–H and O–H groups in total. The summed E-state index contributed by atoms with van der Waals surface area (Å²) >= 11 is 0. The fourth-order valence-corrected chi connectivity index (χ4v) is 1.44. The lowest BCUT2D eigenvalue weighted by molar-refractivity contribution is 0.307. The molecule has 0 aromatic heterocycles. The minimum absolute atomic E-state index is 0.396. The molecule has 13 heavy (non-hydrogen) atoms. The highest BCUT2D eigenvalue weighted by Gasteiger charge is 2.11. The van der Waals surface area contributed by atoms with Crippen LogP contribution in [0.1, 0.15) is 12.0 Å². The largest absolute Gasteiger partial charge is 0.487 e. The van der Waals surface area contributed by atoms with E-state index in [2.05, 4.69) is 5.16 Å². The first kappa shape index (κ1) is 8.10. The Bertz CT molecular complexity index is 304. The second-order valence-electron chi connectivity index (χ2n) is 3.06. The summed E-state index contributed by atoms with van der Waals surface area (Å²) in [5.74, 6) is 0.904. The fraction of sp³-hybridized carbons (Fsp3) is 0.300. The van der Waals surface area contributed by atoms with Crippen molar-refractivity contribution in [2.45, 2.75) is 12.8 Å². The first-order chi connectivity index (χ1) is 6.40. The first-order valence-electron chi connectivity index (χ1n) is 4.30. The molecule has 1 aromatic carbocycles. The van der Waals surface area contributed by atoms with Gasteiger partial charge in [0.25, 0.3) is 0 Å². The lowest BCUT2D eigenvalue weighted by Gasteiger charge is -2.04. The van der Waals surface area contributed by atoms with E-state index in [1.54, 1.807) is 0 Å². The van der Waals surface area contributed by atoms with Gasteiger partial charge in [0.1, 0.15) is 12.4 Å². The van der Waals surface area contributed by atoms with E-state index in [0.29, 0.717) is 12.3 Å². The van der Waals surface area contributed by atoms with E-state index in [9.17, 15) is 0 Å². The van der Waals surface area contributed by atoms with Crippen LogP contribution < -0.4 is 4.74 Å². The Labute approximate surface area is 76.6 Å². The number of ether oxygens (including phenoxy) is 1. The second-order valence-corrected chi connectivity index (χ2v) is 3.06. The third kappa shape index (κ3) is 1.64. The van der Waals surface area contributed by atoms with Crippen LogP contribution in [-0.2, 0) is 6.42 Å². The van der Waals surface area contributed by atoms with E-state index in [0.717, 1.165) is 18.6 Å². The summed E-state index contributed by atoms with van der Waals surface area (Å²) < 4.78 is 5.46. The molecule has 0 aliphatic carbocycles. The quantitative estimate of drug-likeness (QED) is 0.485. The van der Waals surface area contributed by atoms with Crippen molar-refractivity contribution < 1.29 is 9.94 Å². The van der Waals surface area contributed by atoms with E-state index in [1.807, 2.05) is 24.3 Å². The van der Waals surface area contributed by atoms with Crippen molar-refractivity contribution in [2.24, 2.45) is 5.16 Å². The Kier molecular flexibility index (Phi) is 2.17. The van der Waals surface area contributed by atoms with Crippen LogP contribution in [-0.4, -0.2) is 17.5 Å². The molecule has 3 nitrogen and oxygen atoms in total. The normalized spacial score (nSPS) is 18.9. The Morgan fingerprint density at radius 2 is 2.08 bits per heavy atom. The number of benzene rings is 1. The highest BCUT2D eigenvalue weighted by molar-refractivity contribution is 5.86. The molecule has 0 saturated carbocycles. The van der Waals surface area contributed by atoms with Gasteiger partial charge in [-0.3, -0.25) is 0 Å². The van der Waals surface area contributed by atoms with Crippen molar-refractivity contribution in [3.63, 3.8) is 0 Å². The van der Waals surface area contributed by atoms with Gasteiger partial charge in [0, 0.05) is 0 Å². The molecular formula is C10H11NO2. The molecule has 0 spiro atoms. The number of aryl methyl sites for hydroxylation is 1. The van der Waals surface area contributed by atoms with Crippen LogP contribution >= 0.6 is 0 Å². The topological polar surface area (TPSA) is 41.8 Å². The van der Waals surface area contributed by atoms with Crippen molar-refractivity contribution in [2.75, 3.05) is 6.61 Å². The minimum Gasteiger partial charge on any atom is -0.487 e. The van der Waals surface area contributed by atoms with E-state index in [-0.39, 0.29) is 0 Å². The molecule has 3 heteroatoms. The zero-order chi connectivity index (χ0) is 9.10. The van der Waals surface area contributed by atoms with Crippen LogP contribution in [0.4, 0.5) is 0 Å². The smallest absolute Gasteiger partial charge is 0.130 e. The molecule has 1 heterocycles. The Balaban J connectivity index is 2.26. The SMILES string of the molecule is O/N=C1/CCc2ccccc2OC1. The first-order valence-corrected chi connectivity index (χ1v) is 4.30. The maximum atomic E-state index is 8.60. The van der Waals surface area contributed by atoms with Crippen molar-refractivity contribution in [1.82, 2.24) is 0 Å². The van der Waals surface area contributed by atoms with E-state index < -0.39 is 0 Å². The molecule has 0 bridgehead atoms. The molecule has 0 saturated heterocycles. The molecule has 2 rings (SSSR count). The van der Waals surface area contributed by atoms with Gasteiger partial charge in [-0.15, -0.1) is 0 Å². The van der Waals surface area contributed by atoms with Gasteiger partial charge < -0.3 is 9.94 Å². The zero-order valence-corrected chi connectivity index (χ0v) is 7.23. The van der Waals surface area contributed by atoms with Crippen LogP contribution in [0.3, 0.4) is 0 Å². The molecule has 68 valence electrons. The third-order valence-electron chi connectivity index (χ3n) is 2.19. The Morgan fingerprint density at radius 3 is 2.92 bits per heavy atom. The minimum atomic E-state index is 0.396. The summed E-state index contributed by atoms with van der Waals surface area (Å²) in [6.45, 7) is 0.396. The number of fused-ring (bicyclic) bond motifs is 1. The van der Waals surface area contributed by atoms with E-state index in [4.69, 9.17) is 9.94 Å². The summed E-state index contributed by atoms with van der Waals surface area (Å²) in [6.07, 6.45) is 1.66. The van der Waals surface area contributed by atoms with Crippen LogP contribution in [0.25, 0.3) is 0 Å². The molecule has 1 aliphatic heterocycles. The van der Waals surface area contributed by atoms with Gasteiger partial charge in [-0.05, 0) is 24.5 Å². The standard InChI is InChI=1S/C10H11NO2/c12-11-9-6-5-8-3-1-2-4-10(8)13-7-9/h1-4,12H,5-7H2/b11-9-. The molecule has 0 atom stereocenters. The summed E-state index contributed by atoms with van der Waals surface area (Å²) in [4.78, 5) is 0. The van der Waals surface area contributed by atoms with Gasteiger partial charge in [-0.1, -0.05) is 23.4 Å². The summed E-state index contributed by atoms with van der Waals surface area (Å²) in [5, 5.41) is 11.8. The average Bonchev–Trinajstić information content (AvgIpc) is 2.39. The van der Waals surface area contributed by atoms with Crippen LogP contribution in [0.15, 0.2) is 29.4 Å². The average molecular weight is 177 g/mol.